The van der Waals surface area contributed by atoms with Crippen LogP contribution in [0.5, 0.6) is 0 Å². The molecule has 1 saturated heterocycles. The van der Waals surface area contributed by atoms with E-state index < -0.39 is 15.5 Å². The molecule has 7 heteroatoms. The van der Waals surface area contributed by atoms with Gasteiger partial charge in [0.2, 0.25) is 5.90 Å². The van der Waals surface area contributed by atoms with Gasteiger partial charge in [0.25, 0.3) is 3.79 Å². The van der Waals surface area contributed by atoms with Gasteiger partial charge in [0.15, 0.2) is 5.79 Å². The van der Waals surface area contributed by atoms with Crippen LogP contribution in [0, 0.1) is 5.41 Å². The Morgan fingerprint density at radius 2 is 2.18 bits per heavy atom. The van der Waals surface area contributed by atoms with E-state index in [1.807, 2.05) is 13.8 Å². The summed E-state index contributed by atoms with van der Waals surface area (Å²) in [5.41, 5.74) is 0. The fourth-order valence-electron chi connectivity index (χ4n) is 1.23. The van der Waals surface area contributed by atoms with Crippen molar-refractivity contribution in [3.63, 3.8) is 0 Å². The predicted octanol–water partition coefficient (Wildman–Crippen LogP) is 3.06. The summed E-state index contributed by atoms with van der Waals surface area (Å²) in [6, 6.07) is 0. The smallest absolute Gasteiger partial charge is 0.265 e. The molecule has 0 saturated carbocycles. The molecular formula is C10H14Cl3NO3. The lowest BCUT2D eigenvalue weighted by Gasteiger charge is -2.15. The van der Waals surface area contributed by atoms with Crippen LogP contribution >= 0.6 is 34.8 Å². The minimum absolute atomic E-state index is 0.115. The van der Waals surface area contributed by atoms with Crippen LogP contribution < -0.4 is 0 Å². The molecule has 0 aromatic rings. The second-order valence-corrected chi connectivity index (χ2v) is 6.21. The van der Waals surface area contributed by atoms with Gasteiger partial charge in [-0.2, -0.15) is 0 Å². The Kier molecular flexibility index (Phi) is 5.10. The lowest BCUT2D eigenvalue weighted by atomic mass is 10.3. The molecule has 0 aromatic heterocycles. The zero-order valence-electron chi connectivity index (χ0n) is 9.50. The summed E-state index contributed by atoms with van der Waals surface area (Å²) in [5, 5.41) is 7.28. The van der Waals surface area contributed by atoms with Gasteiger partial charge < -0.3 is 14.2 Å². The molecule has 1 heterocycles. The van der Waals surface area contributed by atoms with Crippen molar-refractivity contribution in [3.8, 4) is 0 Å². The maximum Gasteiger partial charge on any atom is 0.265 e. The molecule has 1 rings (SSSR count). The third kappa shape index (κ3) is 5.44. The topological polar surface area (TPSA) is 51.5 Å². The Morgan fingerprint density at radius 1 is 1.53 bits per heavy atom. The van der Waals surface area contributed by atoms with E-state index in [-0.39, 0.29) is 12.7 Å². The molecule has 0 radical (unpaired) electrons. The van der Waals surface area contributed by atoms with E-state index in [9.17, 15) is 0 Å². The molecule has 0 spiro atoms. The SMILES string of the molecule is CC1(C)OC[C@H](/C=C/COC(=N)C(Cl)(Cl)Cl)O1. The van der Waals surface area contributed by atoms with E-state index in [0.29, 0.717) is 6.61 Å². The first-order valence-corrected chi connectivity index (χ1v) is 6.11. The molecule has 1 aliphatic heterocycles. The van der Waals surface area contributed by atoms with E-state index in [1.54, 1.807) is 12.2 Å². The largest absolute Gasteiger partial charge is 0.474 e. The molecule has 1 N–H and O–H groups in total. The molecule has 0 bridgehead atoms. The summed E-state index contributed by atoms with van der Waals surface area (Å²) < 4.78 is 14.0. The van der Waals surface area contributed by atoms with E-state index in [1.165, 1.54) is 0 Å². The van der Waals surface area contributed by atoms with Crippen molar-refractivity contribution in [3.05, 3.63) is 12.2 Å². The summed E-state index contributed by atoms with van der Waals surface area (Å²) in [4.78, 5) is 0. The van der Waals surface area contributed by atoms with Crippen molar-refractivity contribution in [2.24, 2.45) is 0 Å². The first-order chi connectivity index (χ1) is 7.71. The number of nitrogens with one attached hydrogen (secondary N) is 1. The van der Waals surface area contributed by atoms with E-state index in [2.05, 4.69) is 0 Å². The van der Waals surface area contributed by atoms with Crippen LogP contribution in [0.1, 0.15) is 13.8 Å². The van der Waals surface area contributed by atoms with Crippen LogP contribution in [0.4, 0.5) is 0 Å². The van der Waals surface area contributed by atoms with E-state index >= 15 is 0 Å². The number of hydrogen-bond donors (Lipinski definition) is 1. The highest BCUT2D eigenvalue weighted by Gasteiger charge is 2.31. The van der Waals surface area contributed by atoms with Crippen LogP contribution in [0.25, 0.3) is 0 Å². The molecule has 1 fully saturated rings. The zero-order valence-corrected chi connectivity index (χ0v) is 11.8. The Labute approximate surface area is 115 Å². The number of rotatable bonds is 3. The predicted molar refractivity (Wildman–Crippen MR) is 68.0 cm³/mol. The summed E-state index contributed by atoms with van der Waals surface area (Å²) in [6.07, 6.45) is 3.37. The number of halogens is 3. The van der Waals surface area contributed by atoms with Gasteiger partial charge in [0.1, 0.15) is 12.7 Å². The van der Waals surface area contributed by atoms with Gasteiger partial charge >= 0.3 is 0 Å². The van der Waals surface area contributed by atoms with Crippen molar-refractivity contribution in [1.82, 2.24) is 0 Å². The van der Waals surface area contributed by atoms with Gasteiger partial charge in [-0.1, -0.05) is 40.9 Å². The summed E-state index contributed by atoms with van der Waals surface area (Å²) in [6.45, 7) is 4.32. The second-order valence-electron chi connectivity index (χ2n) is 3.93. The first-order valence-electron chi connectivity index (χ1n) is 4.98. The highest BCUT2D eigenvalue weighted by molar-refractivity contribution is 6.76. The minimum Gasteiger partial charge on any atom is -0.474 e. The summed E-state index contributed by atoms with van der Waals surface area (Å²) in [7, 11) is 0. The van der Waals surface area contributed by atoms with Crippen LogP contribution in [0.2, 0.25) is 0 Å². The van der Waals surface area contributed by atoms with Crippen LogP contribution in [-0.2, 0) is 14.2 Å². The molecule has 0 aliphatic carbocycles. The summed E-state index contributed by atoms with van der Waals surface area (Å²) >= 11 is 16.3. The number of ether oxygens (including phenoxy) is 3. The normalized spacial score (nSPS) is 24.2. The van der Waals surface area contributed by atoms with Crippen LogP contribution in [0.3, 0.4) is 0 Å². The molecule has 0 aromatic carbocycles. The molecular weight excluding hydrogens is 288 g/mol. The van der Waals surface area contributed by atoms with Crippen molar-refractivity contribution < 1.29 is 14.2 Å². The standard InChI is InChI=1S/C10H14Cl3NO3/c1-9(2)16-6-7(17-9)4-3-5-15-8(14)10(11,12)13/h3-4,7,14H,5-6H2,1-2H3/b4-3+,14-8?/t7-/m0/s1. The third-order valence-corrected chi connectivity index (χ3v) is 2.48. The minimum atomic E-state index is -1.82. The highest BCUT2D eigenvalue weighted by atomic mass is 35.6. The maximum absolute atomic E-state index is 7.28. The van der Waals surface area contributed by atoms with Crippen molar-refractivity contribution >= 4 is 40.7 Å². The average molecular weight is 303 g/mol. The lowest BCUT2D eigenvalue weighted by Crippen LogP contribution is -2.21. The average Bonchev–Trinajstić information content (AvgIpc) is 2.51. The Hall–Kier alpha value is -0.0000000000000000763. The van der Waals surface area contributed by atoms with Gasteiger partial charge in [-0.25, -0.2) is 0 Å². The molecule has 0 unspecified atom stereocenters. The summed E-state index contributed by atoms with van der Waals surface area (Å²) in [5.74, 6) is -0.962. The maximum atomic E-state index is 7.28. The number of hydrogen-bond acceptors (Lipinski definition) is 4. The lowest BCUT2D eigenvalue weighted by molar-refractivity contribution is -0.133. The van der Waals surface area contributed by atoms with Gasteiger partial charge in [-0.15, -0.1) is 0 Å². The molecule has 17 heavy (non-hydrogen) atoms. The fourth-order valence-corrected chi connectivity index (χ4v) is 1.39. The Morgan fingerprint density at radius 3 is 2.65 bits per heavy atom. The Bertz CT molecular complexity index is 312. The van der Waals surface area contributed by atoms with Gasteiger partial charge in [0, 0.05) is 0 Å². The number of alkyl halides is 3. The monoisotopic (exact) mass is 301 g/mol. The van der Waals surface area contributed by atoms with E-state index in [4.69, 9.17) is 54.4 Å². The highest BCUT2D eigenvalue weighted by Crippen LogP contribution is 2.27. The third-order valence-electron chi connectivity index (χ3n) is 1.96. The van der Waals surface area contributed by atoms with Crippen molar-refractivity contribution in [2.75, 3.05) is 13.2 Å². The molecule has 4 nitrogen and oxygen atoms in total. The van der Waals surface area contributed by atoms with Gasteiger partial charge in [0.05, 0.1) is 6.61 Å². The quantitative estimate of drug-likeness (QED) is 0.377. The van der Waals surface area contributed by atoms with Crippen LogP contribution in [0.15, 0.2) is 12.2 Å². The second kappa shape index (κ2) is 5.76. The van der Waals surface area contributed by atoms with Crippen molar-refractivity contribution in [2.45, 2.75) is 29.5 Å². The van der Waals surface area contributed by atoms with Gasteiger partial charge in [-0.05, 0) is 19.9 Å². The Balaban J connectivity index is 2.26. The zero-order chi connectivity index (χ0) is 13.1. The van der Waals surface area contributed by atoms with E-state index in [0.717, 1.165) is 0 Å². The molecule has 1 aliphatic rings. The van der Waals surface area contributed by atoms with Gasteiger partial charge in [-0.3, -0.25) is 5.41 Å². The first kappa shape index (κ1) is 15.1. The molecule has 98 valence electrons. The molecule has 1 atom stereocenters. The molecule has 0 amide bonds. The fraction of sp³-hybridized carbons (Fsp3) is 0.700. The van der Waals surface area contributed by atoms with Crippen molar-refractivity contribution in [1.29, 1.82) is 5.41 Å². The van der Waals surface area contributed by atoms with Crippen LogP contribution in [-0.4, -0.2) is 34.8 Å².